The molecule has 0 aromatic heterocycles. The molecule has 0 amide bonds. The normalized spacial score (nSPS) is 44.1. The van der Waals surface area contributed by atoms with Gasteiger partial charge in [-0.2, -0.15) is 0 Å². The maximum atomic E-state index is 12.7. The van der Waals surface area contributed by atoms with E-state index in [2.05, 4.69) is 20.8 Å². The second kappa shape index (κ2) is 7.67. The Bertz CT molecular complexity index is 754. The number of carboxylic acids is 1. The third-order valence-corrected chi connectivity index (χ3v) is 10.3. The maximum absolute atomic E-state index is 12.7. The largest absolute Gasteiger partial charge is 0.512 e. The number of carbonyl (C=O) groups excluding carboxylic acids is 1. The molecule has 0 bridgehead atoms. The highest BCUT2D eigenvalue weighted by Gasteiger charge is 2.62. The molecule has 30 heavy (non-hydrogen) atoms. The van der Waals surface area contributed by atoms with Crippen molar-refractivity contribution in [1.82, 2.24) is 0 Å². The summed E-state index contributed by atoms with van der Waals surface area (Å²) in [7, 11) is 0. The van der Waals surface area contributed by atoms with E-state index in [0.29, 0.717) is 29.4 Å². The van der Waals surface area contributed by atoms with E-state index in [4.69, 9.17) is 5.11 Å². The van der Waals surface area contributed by atoms with E-state index < -0.39 is 5.97 Å². The second-order valence-electron chi connectivity index (χ2n) is 11.5. The SMILES string of the molecule is CC(=O)C1=C(O)[C@H]2[C@@H]3CC[C@H](C(C)CCC(=O)O)[C@@]3(C)CC[C@@H]2[C@@]2(C)CCCCC12. The van der Waals surface area contributed by atoms with E-state index in [0.717, 1.165) is 44.1 Å². The Balaban J connectivity index is 1.70. The van der Waals surface area contributed by atoms with Gasteiger partial charge >= 0.3 is 5.97 Å². The molecule has 0 aromatic rings. The molecule has 4 rings (SSSR count). The van der Waals surface area contributed by atoms with Gasteiger partial charge in [0.1, 0.15) is 5.76 Å². The average Bonchev–Trinajstić information content (AvgIpc) is 3.03. The second-order valence-corrected chi connectivity index (χ2v) is 11.5. The van der Waals surface area contributed by atoms with Gasteiger partial charge in [-0.15, -0.1) is 0 Å². The zero-order valence-electron chi connectivity index (χ0n) is 19.2. The molecule has 0 radical (unpaired) electrons. The van der Waals surface area contributed by atoms with Crippen molar-refractivity contribution in [3.8, 4) is 0 Å². The molecule has 3 fully saturated rings. The predicted molar refractivity (Wildman–Crippen MR) is 117 cm³/mol. The molecule has 0 aromatic carbocycles. The number of aliphatic carboxylic acids is 1. The maximum Gasteiger partial charge on any atom is 0.303 e. The number of aliphatic hydroxyl groups excluding tert-OH is 1. The first-order valence-electron chi connectivity index (χ1n) is 12.3. The van der Waals surface area contributed by atoms with E-state index in [1.54, 1.807) is 6.92 Å². The van der Waals surface area contributed by atoms with Crippen LogP contribution in [-0.2, 0) is 9.59 Å². The lowest BCUT2D eigenvalue weighted by Crippen LogP contribution is -2.54. The van der Waals surface area contributed by atoms with Gasteiger partial charge in [0.05, 0.1) is 0 Å². The molecular weight excluding hydrogens is 376 g/mol. The van der Waals surface area contributed by atoms with Crippen LogP contribution in [0.25, 0.3) is 0 Å². The van der Waals surface area contributed by atoms with Crippen molar-refractivity contribution in [2.45, 2.75) is 91.9 Å². The van der Waals surface area contributed by atoms with Gasteiger partial charge in [0.2, 0.25) is 0 Å². The summed E-state index contributed by atoms with van der Waals surface area (Å²) in [5.41, 5.74) is 1.02. The van der Waals surface area contributed by atoms with E-state index >= 15 is 0 Å². The summed E-state index contributed by atoms with van der Waals surface area (Å²) >= 11 is 0. The Morgan fingerprint density at radius 2 is 1.73 bits per heavy atom. The van der Waals surface area contributed by atoms with Crippen molar-refractivity contribution in [3.63, 3.8) is 0 Å². The summed E-state index contributed by atoms with van der Waals surface area (Å²) in [4.78, 5) is 23.8. The minimum atomic E-state index is -0.708. The van der Waals surface area contributed by atoms with Gasteiger partial charge in [-0.05, 0) is 92.3 Å². The van der Waals surface area contributed by atoms with Crippen LogP contribution in [0.1, 0.15) is 91.9 Å². The van der Waals surface area contributed by atoms with Gasteiger partial charge in [0.25, 0.3) is 0 Å². The summed E-state index contributed by atoms with van der Waals surface area (Å²) < 4.78 is 0. The minimum absolute atomic E-state index is 0.0701. The molecule has 4 aliphatic carbocycles. The summed E-state index contributed by atoms with van der Waals surface area (Å²) in [5.74, 6) is 1.90. The Hall–Kier alpha value is -1.32. The standard InChI is InChI=1S/C26H40O4/c1-15(8-11-21(28)29)17-9-10-19-23-20(12-14-26(17,19)4)25(3)13-6-5-7-18(25)22(16(2)27)24(23)30/h15,17-20,23,30H,5-14H2,1-4H3,(H,28,29)/t15?,17-,18?,19+,20+,23+,25+,26-/m1/s1. The molecule has 8 atom stereocenters. The number of fused-ring (bicyclic) bond motifs is 5. The minimum Gasteiger partial charge on any atom is -0.512 e. The molecule has 4 aliphatic rings. The Labute approximate surface area is 181 Å². The number of hydrogen-bond acceptors (Lipinski definition) is 3. The van der Waals surface area contributed by atoms with Crippen LogP contribution in [0, 0.1) is 46.3 Å². The van der Waals surface area contributed by atoms with E-state index in [9.17, 15) is 14.7 Å². The topological polar surface area (TPSA) is 74.6 Å². The van der Waals surface area contributed by atoms with Crippen molar-refractivity contribution in [1.29, 1.82) is 0 Å². The Morgan fingerprint density at radius 1 is 1.03 bits per heavy atom. The highest BCUT2D eigenvalue weighted by molar-refractivity contribution is 5.94. The van der Waals surface area contributed by atoms with Crippen LogP contribution >= 0.6 is 0 Å². The molecular formula is C26H40O4. The third-order valence-electron chi connectivity index (χ3n) is 10.3. The van der Waals surface area contributed by atoms with Gasteiger partial charge < -0.3 is 10.2 Å². The molecule has 4 nitrogen and oxygen atoms in total. The van der Waals surface area contributed by atoms with Gasteiger partial charge in [-0.3, -0.25) is 9.59 Å². The Morgan fingerprint density at radius 3 is 2.40 bits per heavy atom. The molecule has 2 unspecified atom stereocenters. The molecule has 0 aliphatic heterocycles. The summed E-state index contributed by atoms with van der Waals surface area (Å²) in [6.45, 7) is 8.69. The van der Waals surface area contributed by atoms with Crippen LogP contribution in [0.4, 0.5) is 0 Å². The highest BCUT2D eigenvalue weighted by atomic mass is 16.4. The van der Waals surface area contributed by atoms with Crippen molar-refractivity contribution < 1.29 is 19.8 Å². The predicted octanol–water partition coefficient (Wildman–Crippen LogP) is 6.16. The molecule has 0 spiro atoms. The van der Waals surface area contributed by atoms with Gasteiger partial charge in [-0.25, -0.2) is 0 Å². The van der Waals surface area contributed by atoms with Crippen LogP contribution in [0.3, 0.4) is 0 Å². The molecule has 0 heterocycles. The number of aliphatic hydroxyl groups is 1. The third kappa shape index (κ3) is 3.15. The number of carboxylic acid groups (broad SMARTS) is 1. The van der Waals surface area contributed by atoms with Crippen molar-refractivity contribution in [2.24, 2.45) is 46.3 Å². The molecule has 0 saturated heterocycles. The first kappa shape index (κ1) is 21.9. The van der Waals surface area contributed by atoms with Gasteiger partial charge in [-0.1, -0.05) is 33.6 Å². The molecule has 3 saturated carbocycles. The van der Waals surface area contributed by atoms with Crippen LogP contribution in [-0.4, -0.2) is 22.0 Å². The van der Waals surface area contributed by atoms with E-state index in [-0.39, 0.29) is 34.9 Å². The molecule has 4 heteroatoms. The summed E-state index contributed by atoms with van der Waals surface area (Å²) in [6.07, 6.45) is 10.1. The fraction of sp³-hybridized carbons (Fsp3) is 0.846. The summed E-state index contributed by atoms with van der Waals surface area (Å²) in [5, 5.41) is 20.7. The van der Waals surface area contributed by atoms with Crippen LogP contribution in [0.15, 0.2) is 11.3 Å². The van der Waals surface area contributed by atoms with E-state index in [1.807, 2.05) is 0 Å². The zero-order valence-corrected chi connectivity index (χ0v) is 19.2. The van der Waals surface area contributed by atoms with Crippen LogP contribution in [0.5, 0.6) is 0 Å². The molecule has 168 valence electrons. The van der Waals surface area contributed by atoms with Crippen LogP contribution < -0.4 is 0 Å². The lowest BCUT2D eigenvalue weighted by atomic mass is 9.44. The lowest BCUT2D eigenvalue weighted by Gasteiger charge is -2.60. The number of allylic oxidation sites excluding steroid dienone is 2. The lowest BCUT2D eigenvalue weighted by molar-refractivity contribution is -0.137. The first-order chi connectivity index (χ1) is 14.1. The quantitative estimate of drug-likeness (QED) is 0.563. The zero-order chi connectivity index (χ0) is 21.8. The summed E-state index contributed by atoms with van der Waals surface area (Å²) in [6, 6.07) is 0. The smallest absolute Gasteiger partial charge is 0.303 e. The monoisotopic (exact) mass is 416 g/mol. The first-order valence-corrected chi connectivity index (χ1v) is 12.3. The fourth-order valence-electron chi connectivity index (χ4n) is 8.85. The number of Topliss-reactive ketones (excluding diaryl/α,β-unsaturated/α-hetero) is 1. The number of rotatable bonds is 5. The molecule has 2 N–H and O–H groups in total. The average molecular weight is 417 g/mol. The van der Waals surface area contributed by atoms with E-state index in [1.165, 1.54) is 19.3 Å². The van der Waals surface area contributed by atoms with Crippen LogP contribution in [0.2, 0.25) is 0 Å². The fourth-order valence-corrected chi connectivity index (χ4v) is 8.85. The van der Waals surface area contributed by atoms with Gasteiger partial charge in [0, 0.05) is 17.9 Å². The van der Waals surface area contributed by atoms with Crippen molar-refractivity contribution in [2.75, 3.05) is 0 Å². The Kier molecular flexibility index (Phi) is 5.60. The van der Waals surface area contributed by atoms with Crippen molar-refractivity contribution in [3.05, 3.63) is 11.3 Å². The van der Waals surface area contributed by atoms with Crippen molar-refractivity contribution >= 4 is 11.8 Å². The number of carbonyl (C=O) groups is 2. The van der Waals surface area contributed by atoms with Gasteiger partial charge in [0.15, 0.2) is 5.78 Å². The number of hydrogen-bond donors (Lipinski definition) is 2. The highest BCUT2D eigenvalue weighted by Crippen LogP contribution is 2.69. The number of ketones is 1.